The molecule has 7 heteroatoms. The Morgan fingerprint density at radius 2 is 2.00 bits per heavy atom. The van der Waals surface area contributed by atoms with Gasteiger partial charge in [0.1, 0.15) is 21.8 Å². The molecule has 1 aromatic heterocycles. The molecule has 2 aromatic rings. The molecule has 2 heterocycles. The third-order valence-corrected chi connectivity index (χ3v) is 4.88. The Morgan fingerprint density at radius 3 is 2.62 bits per heavy atom. The fraction of sp³-hybridized carbons (Fsp3) is 0.412. The van der Waals surface area contributed by atoms with E-state index in [2.05, 4.69) is 30.8 Å². The summed E-state index contributed by atoms with van der Waals surface area (Å²) in [5.74, 6) is 2.02. The summed E-state index contributed by atoms with van der Waals surface area (Å²) in [6, 6.07) is 3.36. The molecule has 1 aliphatic rings. The predicted octanol–water partition coefficient (Wildman–Crippen LogP) is 2.93. The number of hydrogen-bond donors (Lipinski definition) is 1. The summed E-state index contributed by atoms with van der Waals surface area (Å²) in [5, 5.41) is 2.91. The van der Waals surface area contributed by atoms with E-state index in [0.29, 0.717) is 28.1 Å². The summed E-state index contributed by atoms with van der Waals surface area (Å²) in [6.45, 7) is 1.41. The molecule has 1 aromatic carbocycles. The summed E-state index contributed by atoms with van der Waals surface area (Å²) in [7, 11) is 3.10. The molecule has 1 aliphatic heterocycles. The summed E-state index contributed by atoms with van der Waals surface area (Å²) in [4.78, 5) is 17.0. The number of benzene rings is 1. The minimum atomic E-state index is -0.190. The van der Waals surface area contributed by atoms with E-state index in [4.69, 9.17) is 9.47 Å². The second-order valence-electron chi connectivity index (χ2n) is 5.68. The highest BCUT2D eigenvalue weighted by Gasteiger charge is 2.16. The van der Waals surface area contributed by atoms with E-state index in [1.54, 1.807) is 26.4 Å². The van der Waals surface area contributed by atoms with Crippen LogP contribution in [-0.2, 0) is 19.5 Å². The molecule has 6 nitrogen and oxygen atoms in total. The molecule has 0 radical (unpaired) electrons. The molecule has 0 saturated heterocycles. The minimum absolute atomic E-state index is 0.190. The van der Waals surface area contributed by atoms with E-state index < -0.39 is 0 Å². The van der Waals surface area contributed by atoms with Gasteiger partial charge >= 0.3 is 0 Å². The first-order chi connectivity index (χ1) is 11.6. The Balaban J connectivity index is 1.72. The van der Waals surface area contributed by atoms with Crippen LogP contribution in [0.25, 0.3) is 0 Å². The van der Waals surface area contributed by atoms with Crippen molar-refractivity contribution in [3.63, 3.8) is 0 Å². The van der Waals surface area contributed by atoms with Crippen LogP contribution >= 0.6 is 15.9 Å². The van der Waals surface area contributed by atoms with Crippen molar-refractivity contribution >= 4 is 21.8 Å². The molecular formula is C17H20BrN3O3. The lowest BCUT2D eigenvalue weighted by Crippen LogP contribution is -2.23. The maximum absolute atomic E-state index is 12.4. The number of carbonyl (C=O) groups is 1. The number of nitrogens with one attached hydrogen (secondary N) is 1. The molecule has 3 rings (SSSR count). The van der Waals surface area contributed by atoms with Crippen LogP contribution in [0.5, 0.6) is 11.5 Å². The molecule has 0 bridgehead atoms. The summed E-state index contributed by atoms with van der Waals surface area (Å²) in [6.07, 6.45) is 5.40. The van der Waals surface area contributed by atoms with Crippen LogP contribution in [0, 0.1) is 0 Å². The summed E-state index contributed by atoms with van der Waals surface area (Å²) in [5.41, 5.74) is 1.37. The molecule has 24 heavy (non-hydrogen) atoms. The summed E-state index contributed by atoms with van der Waals surface area (Å²) >= 11 is 3.40. The molecule has 1 N–H and O–H groups in total. The van der Waals surface area contributed by atoms with Crippen molar-refractivity contribution in [3.05, 3.63) is 39.9 Å². The quantitative estimate of drug-likeness (QED) is 0.847. The van der Waals surface area contributed by atoms with E-state index in [0.717, 1.165) is 24.5 Å². The largest absolute Gasteiger partial charge is 0.495 e. The zero-order chi connectivity index (χ0) is 17.1. The zero-order valence-corrected chi connectivity index (χ0v) is 15.4. The van der Waals surface area contributed by atoms with Crippen LogP contribution in [0.1, 0.15) is 34.7 Å². The number of ether oxygens (including phenoxy) is 2. The van der Waals surface area contributed by atoms with E-state index in [-0.39, 0.29) is 5.91 Å². The topological polar surface area (TPSA) is 65.4 Å². The Kier molecular flexibility index (Phi) is 5.08. The van der Waals surface area contributed by atoms with Gasteiger partial charge in [0.15, 0.2) is 0 Å². The number of hydrogen-bond acceptors (Lipinski definition) is 4. The van der Waals surface area contributed by atoms with Crippen LogP contribution in [0.4, 0.5) is 0 Å². The number of amides is 1. The molecule has 0 fully saturated rings. The molecule has 1 amide bonds. The molecular weight excluding hydrogens is 374 g/mol. The first-order valence-corrected chi connectivity index (χ1v) is 8.66. The van der Waals surface area contributed by atoms with Crippen LogP contribution < -0.4 is 14.8 Å². The van der Waals surface area contributed by atoms with E-state index in [9.17, 15) is 4.79 Å². The van der Waals surface area contributed by atoms with Crippen molar-refractivity contribution in [1.29, 1.82) is 0 Å². The van der Waals surface area contributed by atoms with E-state index >= 15 is 0 Å². The first kappa shape index (κ1) is 16.8. The minimum Gasteiger partial charge on any atom is -0.495 e. The average molecular weight is 394 g/mol. The van der Waals surface area contributed by atoms with Crippen LogP contribution in [0.15, 0.2) is 22.8 Å². The second kappa shape index (κ2) is 7.25. The van der Waals surface area contributed by atoms with E-state index in [1.165, 1.54) is 12.8 Å². The van der Waals surface area contributed by atoms with Gasteiger partial charge in [-0.3, -0.25) is 4.79 Å². The van der Waals surface area contributed by atoms with Crippen molar-refractivity contribution in [3.8, 4) is 11.5 Å². The van der Waals surface area contributed by atoms with Gasteiger partial charge in [-0.1, -0.05) is 0 Å². The van der Waals surface area contributed by atoms with Crippen molar-refractivity contribution in [2.45, 2.75) is 32.4 Å². The third-order valence-electron chi connectivity index (χ3n) is 4.10. The number of imidazole rings is 1. The Bertz CT molecular complexity index is 709. The Hall–Kier alpha value is -2.02. The van der Waals surface area contributed by atoms with Crippen LogP contribution in [0.2, 0.25) is 0 Å². The molecule has 128 valence electrons. The van der Waals surface area contributed by atoms with Gasteiger partial charge < -0.3 is 19.4 Å². The standard InChI is InChI=1S/C17H20BrN3O3/c1-23-13-7-11(8-14(24-2)16(13)18)17(22)19-9-12-10-21-6-4-3-5-15(21)20-12/h7-8,10H,3-6,9H2,1-2H3,(H,19,22). The highest BCUT2D eigenvalue weighted by molar-refractivity contribution is 9.10. The maximum atomic E-state index is 12.4. The van der Waals surface area contributed by atoms with Crippen LogP contribution in [-0.4, -0.2) is 29.7 Å². The maximum Gasteiger partial charge on any atom is 0.251 e. The number of rotatable bonds is 5. The van der Waals surface area contributed by atoms with Gasteiger partial charge in [0.2, 0.25) is 0 Å². The lowest BCUT2D eigenvalue weighted by molar-refractivity contribution is 0.0949. The predicted molar refractivity (Wildman–Crippen MR) is 93.6 cm³/mol. The van der Waals surface area contributed by atoms with Crippen molar-refractivity contribution in [1.82, 2.24) is 14.9 Å². The molecule has 0 unspecified atom stereocenters. The zero-order valence-electron chi connectivity index (χ0n) is 13.8. The van der Waals surface area contributed by atoms with E-state index in [1.807, 2.05) is 6.20 Å². The monoisotopic (exact) mass is 393 g/mol. The molecule has 0 atom stereocenters. The lowest BCUT2D eigenvalue weighted by Gasteiger charge is -2.11. The third kappa shape index (κ3) is 3.40. The van der Waals surface area contributed by atoms with Crippen molar-refractivity contribution in [2.75, 3.05) is 14.2 Å². The van der Waals surface area contributed by atoms with Gasteiger partial charge in [0.25, 0.3) is 5.91 Å². The normalized spacial score (nSPS) is 13.3. The molecule has 0 aliphatic carbocycles. The number of methoxy groups -OCH3 is 2. The number of aromatic nitrogens is 2. The van der Waals surface area contributed by atoms with Gasteiger partial charge in [0.05, 0.1) is 26.5 Å². The number of carbonyl (C=O) groups excluding carboxylic acids is 1. The van der Waals surface area contributed by atoms with Gasteiger partial charge in [-0.15, -0.1) is 0 Å². The van der Waals surface area contributed by atoms with Gasteiger partial charge in [0, 0.05) is 24.7 Å². The first-order valence-electron chi connectivity index (χ1n) is 7.87. The smallest absolute Gasteiger partial charge is 0.251 e. The van der Waals surface area contributed by atoms with Crippen molar-refractivity contribution < 1.29 is 14.3 Å². The lowest BCUT2D eigenvalue weighted by atomic mass is 10.2. The number of fused-ring (bicyclic) bond motifs is 1. The van der Waals surface area contributed by atoms with Crippen LogP contribution in [0.3, 0.4) is 0 Å². The fourth-order valence-electron chi connectivity index (χ4n) is 2.83. The molecule has 0 saturated carbocycles. The highest BCUT2D eigenvalue weighted by atomic mass is 79.9. The Labute approximate surface area is 149 Å². The fourth-order valence-corrected chi connectivity index (χ4v) is 3.38. The number of aryl methyl sites for hydroxylation is 2. The number of halogens is 1. The van der Waals surface area contributed by atoms with Crippen molar-refractivity contribution in [2.24, 2.45) is 0 Å². The second-order valence-corrected chi connectivity index (χ2v) is 6.47. The highest BCUT2D eigenvalue weighted by Crippen LogP contribution is 2.35. The van der Waals surface area contributed by atoms with Gasteiger partial charge in [-0.2, -0.15) is 0 Å². The Morgan fingerprint density at radius 1 is 1.29 bits per heavy atom. The SMILES string of the molecule is COc1cc(C(=O)NCc2cn3c(n2)CCCC3)cc(OC)c1Br. The van der Waals surface area contributed by atoms with Gasteiger partial charge in [-0.25, -0.2) is 4.98 Å². The average Bonchev–Trinajstić information content (AvgIpc) is 3.02. The number of nitrogens with zero attached hydrogens (tertiary/aromatic N) is 2. The van der Waals surface area contributed by atoms with Gasteiger partial charge in [-0.05, 0) is 40.9 Å². The summed E-state index contributed by atoms with van der Waals surface area (Å²) < 4.78 is 13.4. The molecule has 0 spiro atoms.